The van der Waals surface area contributed by atoms with Crippen LogP contribution in [0.1, 0.15) is 31.2 Å². The second-order valence-corrected chi connectivity index (χ2v) is 5.70. The quantitative estimate of drug-likeness (QED) is 0.869. The van der Waals surface area contributed by atoms with Gasteiger partial charge in [0, 0.05) is 19.0 Å². The fourth-order valence-electron chi connectivity index (χ4n) is 3.53. The first-order chi connectivity index (χ1) is 8.67. The standard InChI is InChI=1S/C15H20FNO/c16-13-6-4-12(5-7-13)11-15(18)8-10-17-9-2-1-3-14(15)17/h4-7,14,18H,1-3,8-11H2. The summed E-state index contributed by atoms with van der Waals surface area (Å²) in [4.78, 5) is 2.42. The Labute approximate surface area is 107 Å². The molecule has 98 valence electrons. The molecule has 0 spiro atoms. The first-order valence-electron chi connectivity index (χ1n) is 6.88. The van der Waals surface area contributed by atoms with Crippen LogP contribution in [0.2, 0.25) is 0 Å². The van der Waals surface area contributed by atoms with Crippen LogP contribution < -0.4 is 0 Å². The van der Waals surface area contributed by atoms with Crippen LogP contribution in [0.5, 0.6) is 0 Å². The molecule has 0 bridgehead atoms. The van der Waals surface area contributed by atoms with Crippen molar-refractivity contribution in [3.05, 3.63) is 35.6 Å². The van der Waals surface area contributed by atoms with Crippen LogP contribution in [-0.2, 0) is 6.42 Å². The van der Waals surface area contributed by atoms with Crippen LogP contribution in [0.25, 0.3) is 0 Å². The molecule has 3 rings (SSSR count). The third-order valence-electron chi connectivity index (χ3n) is 4.49. The van der Waals surface area contributed by atoms with Gasteiger partial charge in [-0.2, -0.15) is 0 Å². The van der Waals surface area contributed by atoms with Crippen LogP contribution in [0, 0.1) is 5.82 Å². The van der Waals surface area contributed by atoms with Crippen LogP contribution in [0.4, 0.5) is 4.39 Å². The van der Waals surface area contributed by atoms with Crippen molar-refractivity contribution in [2.75, 3.05) is 13.1 Å². The minimum Gasteiger partial charge on any atom is -0.388 e. The van der Waals surface area contributed by atoms with E-state index in [1.165, 1.54) is 25.0 Å². The summed E-state index contributed by atoms with van der Waals surface area (Å²) in [5.74, 6) is -0.212. The van der Waals surface area contributed by atoms with E-state index in [2.05, 4.69) is 4.90 Å². The first kappa shape index (κ1) is 12.1. The van der Waals surface area contributed by atoms with Gasteiger partial charge in [-0.15, -0.1) is 0 Å². The van der Waals surface area contributed by atoms with Gasteiger partial charge in [-0.05, 0) is 43.5 Å². The van der Waals surface area contributed by atoms with E-state index in [0.717, 1.165) is 31.5 Å². The Bertz CT molecular complexity index is 419. The maximum Gasteiger partial charge on any atom is 0.123 e. The summed E-state index contributed by atoms with van der Waals surface area (Å²) in [6.45, 7) is 2.12. The highest BCUT2D eigenvalue weighted by Crippen LogP contribution is 2.37. The van der Waals surface area contributed by atoms with Gasteiger partial charge in [0.15, 0.2) is 0 Å². The Morgan fingerprint density at radius 2 is 2.00 bits per heavy atom. The van der Waals surface area contributed by atoms with Gasteiger partial charge in [0.1, 0.15) is 5.82 Å². The smallest absolute Gasteiger partial charge is 0.123 e. The highest BCUT2D eigenvalue weighted by molar-refractivity contribution is 5.20. The van der Waals surface area contributed by atoms with E-state index in [-0.39, 0.29) is 5.82 Å². The summed E-state index contributed by atoms with van der Waals surface area (Å²) in [5, 5.41) is 10.9. The van der Waals surface area contributed by atoms with Gasteiger partial charge in [0.2, 0.25) is 0 Å². The Hall–Kier alpha value is -0.930. The molecule has 0 amide bonds. The molecule has 2 fully saturated rings. The van der Waals surface area contributed by atoms with Crippen molar-refractivity contribution in [2.24, 2.45) is 0 Å². The predicted octanol–water partition coefficient (Wildman–Crippen LogP) is 2.36. The third-order valence-corrected chi connectivity index (χ3v) is 4.49. The Morgan fingerprint density at radius 1 is 1.22 bits per heavy atom. The minimum absolute atomic E-state index is 0.212. The second-order valence-electron chi connectivity index (χ2n) is 5.70. The fraction of sp³-hybridized carbons (Fsp3) is 0.600. The van der Waals surface area contributed by atoms with Gasteiger partial charge >= 0.3 is 0 Å². The number of rotatable bonds is 2. The van der Waals surface area contributed by atoms with E-state index in [4.69, 9.17) is 0 Å². The van der Waals surface area contributed by atoms with Gasteiger partial charge in [0.05, 0.1) is 5.60 Å². The summed E-state index contributed by atoms with van der Waals surface area (Å²) >= 11 is 0. The number of hydrogen-bond acceptors (Lipinski definition) is 2. The molecule has 0 saturated carbocycles. The van der Waals surface area contributed by atoms with E-state index in [1.54, 1.807) is 12.1 Å². The molecule has 1 aromatic rings. The number of aliphatic hydroxyl groups is 1. The predicted molar refractivity (Wildman–Crippen MR) is 68.9 cm³/mol. The summed E-state index contributed by atoms with van der Waals surface area (Å²) in [7, 11) is 0. The Kier molecular flexibility index (Phi) is 3.12. The highest BCUT2D eigenvalue weighted by Gasteiger charge is 2.46. The normalized spacial score (nSPS) is 32.4. The van der Waals surface area contributed by atoms with Crippen molar-refractivity contribution in [1.29, 1.82) is 0 Å². The van der Waals surface area contributed by atoms with E-state index < -0.39 is 5.60 Å². The molecule has 2 heterocycles. The Balaban J connectivity index is 1.76. The first-order valence-corrected chi connectivity index (χ1v) is 6.88. The highest BCUT2D eigenvalue weighted by atomic mass is 19.1. The number of fused-ring (bicyclic) bond motifs is 1. The monoisotopic (exact) mass is 249 g/mol. The number of halogens is 1. The fourth-order valence-corrected chi connectivity index (χ4v) is 3.53. The van der Waals surface area contributed by atoms with E-state index in [9.17, 15) is 9.50 Å². The molecule has 1 N–H and O–H groups in total. The second kappa shape index (κ2) is 4.63. The third kappa shape index (κ3) is 2.17. The van der Waals surface area contributed by atoms with Gasteiger partial charge in [-0.25, -0.2) is 4.39 Å². The zero-order chi connectivity index (χ0) is 12.6. The lowest BCUT2D eigenvalue weighted by molar-refractivity contribution is -0.00887. The molecule has 0 aromatic heterocycles. The molecule has 2 unspecified atom stereocenters. The van der Waals surface area contributed by atoms with E-state index in [1.807, 2.05) is 0 Å². The molecule has 18 heavy (non-hydrogen) atoms. The van der Waals surface area contributed by atoms with Crippen molar-refractivity contribution in [3.63, 3.8) is 0 Å². The molecule has 2 aliphatic heterocycles. The number of nitrogens with zero attached hydrogens (tertiary/aromatic N) is 1. The minimum atomic E-state index is -0.613. The lowest BCUT2D eigenvalue weighted by Crippen LogP contribution is -2.48. The Morgan fingerprint density at radius 3 is 2.78 bits per heavy atom. The zero-order valence-corrected chi connectivity index (χ0v) is 10.6. The van der Waals surface area contributed by atoms with Gasteiger partial charge in [-0.3, -0.25) is 4.90 Å². The summed E-state index contributed by atoms with van der Waals surface area (Å²) in [6.07, 6.45) is 5.05. The molecule has 2 aliphatic rings. The maximum atomic E-state index is 12.9. The van der Waals surface area contributed by atoms with Crippen LogP contribution in [0.3, 0.4) is 0 Å². The van der Waals surface area contributed by atoms with E-state index >= 15 is 0 Å². The topological polar surface area (TPSA) is 23.5 Å². The van der Waals surface area contributed by atoms with Crippen molar-refractivity contribution in [2.45, 2.75) is 43.7 Å². The molecule has 2 saturated heterocycles. The summed E-state index contributed by atoms with van der Waals surface area (Å²) < 4.78 is 12.9. The maximum absolute atomic E-state index is 12.9. The summed E-state index contributed by atoms with van der Waals surface area (Å²) in [5.41, 5.74) is 0.421. The number of piperidine rings is 1. The molecule has 1 aromatic carbocycles. The van der Waals surface area contributed by atoms with Gasteiger partial charge < -0.3 is 5.11 Å². The lowest BCUT2D eigenvalue weighted by atomic mass is 9.84. The van der Waals surface area contributed by atoms with Crippen molar-refractivity contribution in [3.8, 4) is 0 Å². The van der Waals surface area contributed by atoms with E-state index in [0.29, 0.717) is 12.5 Å². The zero-order valence-electron chi connectivity index (χ0n) is 10.6. The van der Waals surface area contributed by atoms with Gasteiger partial charge in [-0.1, -0.05) is 18.6 Å². The van der Waals surface area contributed by atoms with Crippen LogP contribution in [0.15, 0.2) is 24.3 Å². The molecular weight excluding hydrogens is 229 g/mol. The number of benzene rings is 1. The lowest BCUT2D eigenvalue weighted by Gasteiger charge is -2.37. The molecule has 2 nitrogen and oxygen atoms in total. The average molecular weight is 249 g/mol. The van der Waals surface area contributed by atoms with Crippen molar-refractivity contribution < 1.29 is 9.50 Å². The number of hydrogen-bond donors (Lipinski definition) is 1. The SMILES string of the molecule is OC1(Cc2ccc(F)cc2)CCN2CCCCC21. The van der Waals surface area contributed by atoms with Crippen LogP contribution in [-0.4, -0.2) is 34.7 Å². The molecular formula is C15H20FNO. The average Bonchev–Trinajstić information content (AvgIpc) is 2.71. The molecule has 2 atom stereocenters. The van der Waals surface area contributed by atoms with Crippen molar-refractivity contribution >= 4 is 0 Å². The largest absolute Gasteiger partial charge is 0.388 e. The summed E-state index contributed by atoms with van der Waals surface area (Å²) in [6, 6.07) is 6.84. The van der Waals surface area contributed by atoms with Gasteiger partial charge in [0.25, 0.3) is 0 Å². The molecule has 3 heteroatoms. The molecule has 0 radical (unpaired) electrons. The van der Waals surface area contributed by atoms with Crippen molar-refractivity contribution in [1.82, 2.24) is 4.90 Å². The molecule has 0 aliphatic carbocycles. The van der Waals surface area contributed by atoms with Crippen LogP contribution >= 0.6 is 0 Å².